The summed E-state index contributed by atoms with van der Waals surface area (Å²) in [5, 5.41) is 4.18. The van der Waals surface area contributed by atoms with E-state index in [9.17, 15) is 4.79 Å². The third-order valence-electron chi connectivity index (χ3n) is 3.73. The van der Waals surface area contributed by atoms with E-state index in [0.29, 0.717) is 30.2 Å². The Morgan fingerprint density at radius 3 is 2.67 bits per heavy atom. The van der Waals surface area contributed by atoms with Crippen molar-refractivity contribution in [3.8, 4) is 0 Å². The highest BCUT2D eigenvalue weighted by Crippen LogP contribution is 2.12. The minimum Gasteiger partial charge on any atom is -0.340 e. The van der Waals surface area contributed by atoms with Crippen LogP contribution in [0.5, 0.6) is 0 Å². The summed E-state index contributed by atoms with van der Waals surface area (Å²) >= 11 is 5.98. The molecular formula is C16H24ClN3O. The molecule has 4 nitrogen and oxygen atoms in total. The molecule has 2 rings (SSSR count). The molecule has 1 aromatic rings. The zero-order valence-corrected chi connectivity index (χ0v) is 13.7. The summed E-state index contributed by atoms with van der Waals surface area (Å²) in [6.07, 6.45) is 0. The topological polar surface area (TPSA) is 35.6 Å². The molecule has 0 spiro atoms. The first-order valence-corrected chi connectivity index (χ1v) is 7.78. The lowest BCUT2D eigenvalue weighted by Crippen LogP contribution is -2.56. The Labute approximate surface area is 132 Å². The van der Waals surface area contributed by atoms with Crippen LogP contribution in [-0.2, 0) is 11.3 Å². The number of likely N-dealkylation sites (N-methyl/N-ethyl adjacent to an activating group) is 1. The van der Waals surface area contributed by atoms with Crippen molar-refractivity contribution in [2.45, 2.75) is 32.5 Å². The van der Waals surface area contributed by atoms with Crippen molar-refractivity contribution in [2.75, 3.05) is 26.7 Å². The van der Waals surface area contributed by atoms with Crippen molar-refractivity contribution in [1.82, 2.24) is 15.1 Å². The largest absolute Gasteiger partial charge is 0.340 e. The van der Waals surface area contributed by atoms with E-state index in [2.05, 4.69) is 24.1 Å². The average Bonchev–Trinajstić information content (AvgIpc) is 2.37. The second kappa shape index (κ2) is 7.25. The first-order chi connectivity index (χ1) is 9.94. The van der Waals surface area contributed by atoms with E-state index < -0.39 is 0 Å². The molecule has 21 heavy (non-hydrogen) atoms. The molecule has 1 heterocycles. The Morgan fingerprint density at radius 1 is 1.38 bits per heavy atom. The van der Waals surface area contributed by atoms with Gasteiger partial charge in [0.1, 0.15) is 0 Å². The van der Waals surface area contributed by atoms with Crippen LogP contribution in [0.25, 0.3) is 0 Å². The number of nitrogens with zero attached hydrogens (tertiary/aromatic N) is 2. The van der Waals surface area contributed by atoms with Crippen LogP contribution in [0, 0.1) is 0 Å². The molecule has 1 aliphatic rings. The van der Waals surface area contributed by atoms with Crippen LogP contribution < -0.4 is 5.32 Å². The molecule has 5 heteroatoms. The van der Waals surface area contributed by atoms with Gasteiger partial charge in [0.15, 0.2) is 0 Å². The van der Waals surface area contributed by atoms with Crippen molar-refractivity contribution in [3.63, 3.8) is 0 Å². The number of amides is 1. The highest BCUT2D eigenvalue weighted by atomic mass is 35.5. The van der Waals surface area contributed by atoms with Gasteiger partial charge in [-0.15, -0.1) is 0 Å². The fourth-order valence-electron chi connectivity index (χ4n) is 2.88. The predicted molar refractivity (Wildman–Crippen MR) is 86.4 cm³/mol. The van der Waals surface area contributed by atoms with Gasteiger partial charge in [0.2, 0.25) is 5.91 Å². The van der Waals surface area contributed by atoms with Gasteiger partial charge < -0.3 is 10.2 Å². The van der Waals surface area contributed by atoms with E-state index in [0.717, 1.165) is 18.7 Å². The highest BCUT2D eigenvalue weighted by Gasteiger charge is 2.23. The molecule has 2 atom stereocenters. The Kier molecular flexibility index (Phi) is 5.62. The third-order valence-corrected chi connectivity index (χ3v) is 3.96. The number of nitrogens with one attached hydrogen (secondary N) is 1. The molecule has 0 bridgehead atoms. The SMILES string of the molecule is CC1CN(CC(=O)N(C)Cc2cccc(Cl)c2)CC(C)N1. The van der Waals surface area contributed by atoms with E-state index >= 15 is 0 Å². The molecule has 1 fully saturated rings. The van der Waals surface area contributed by atoms with Crippen LogP contribution in [0.3, 0.4) is 0 Å². The second-order valence-electron chi connectivity index (χ2n) is 6.04. The molecule has 1 aliphatic heterocycles. The lowest BCUT2D eigenvalue weighted by Gasteiger charge is -2.36. The molecule has 1 amide bonds. The van der Waals surface area contributed by atoms with Gasteiger partial charge in [-0.1, -0.05) is 23.7 Å². The molecule has 0 aliphatic carbocycles. The number of carbonyl (C=O) groups is 1. The average molecular weight is 310 g/mol. The summed E-state index contributed by atoms with van der Waals surface area (Å²) in [6.45, 7) is 7.22. The minimum absolute atomic E-state index is 0.149. The molecule has 1 saturated heterocycles. The number of benzene rings is 1. The quantitative estimate of drug-likeness (QED) is 0.924. The number of carbonyl (C=O) groups excluding carboxylic acids is 1. The van der Waals surface area contributed by atoms with E-state index in [1.807, 2.05) is 31.3 Å². The summed E-state index contributed by atoms with van der Waals surface area (Å²) in [5.74, 6) is 0.149. The van der Waals surface area contributed by atoms with Gasteiger partial charge in [-0.25, -0.2) is 0 Å². The predicted octanol–water partition coefficient (Wildman–Crippen LogP) is 1.98. The molecule has 0 aromatic heterocycles. The van der Waals surface area contributed by atoms with Gasteiger partial charge in [-0.3, -0.25) is 9.69 Å². The summed E-state index contributed by atoms with van der Waals surface area (Å²) < 4.78 is 0. The molecule has 1 aromatic carbocycles. The van der Waals surface area contributed by atoms with E-state index in [4.69, 9.17) is 11.6 Å². The van der Waals surface area contributed by atoms with Crippen molar-refractivity contribution in [3.05, 3.63) is 34.9 Å². The zero-order chi connectivity index (χ0) is 15.4. The van der Waals surface area contributed by atoms with Gasteiger partial charge in [0.25, 0.3) is 0 Å². The molecular weight excluding hydrogens is 286 g/mol. The van der Waals surface area contributed by atoms with Crippen LogP contribution in [0.15, 0.2) is 24.3 Å². The second-order valence-corrected chi connectivity index (χ2v) is 6.48. The van der Waals surface area contributed by atoms with Crippen molar-refractivity contribution in [1.29, 1.82) is 0 Å². The van der Waals surface area contributed by atoms with E-state index in [-0.39, 0.29) is 5.91 Å². The van der Waals surface area contributed by atoms with Crippen LogP contribution in [0.1, 0.15) is 19.4 Å². The molecule has 116 valence electrons. The monoisotopic (exact) mass is 309 g/mol. The number of hydrogen-bond donors (Lipinski definition) is 1. The summed E-state index contributed by atoms with van der Waals surface area (Å²) in [4.78, 5) is 16.3. The standard InChI is InChI=1S/C16H24ClN3O/c1-12-8-20(9-13(2)18-12)11-16(21)19(3)10-14-5-4-6-15(17)7-14/h4-7,12-13,18H,8-11H2,1-3H3. The number of piperazine rings is 1. The maximum absolute atomic E-state index is 12.3. The summed E-state index contributed by atoms with van der Waals surface area (Å²) in [5.41, 5.74) is 1.06. The van der Waals surface area contributed by atoms with Gasteiger partial charge in [0.05, 0.1) is 6.54 Å². The maximum atomic E-state index is 12.3. The number of rotatable bonds is 4. The van der Waals surface area contributed by atoms with Gasteiger partial charge in [-0.05, 0) is 31.5 Å². The van der Waals surface area contributed by atoms with Crippen molar-refractivity contribution in [2.24, 2.45) is 0 Å². The van der Waals surface area contributed by atoms with E-state index in [1.165, 1.54) is 0 Å². The maximum Gasteiger partial charge on any atom is 0.236 e. The Hall–Kier alpha value is -1.10. The molecule has 1 N–H and O–H groups in total. The van der Waals surface area contributed by atoms with Crippen LogP contribution in [-0.4, -0.2) is 54.5 Å². The molecule has 0 radical (unpaired) electrons. The fourth-order valence-corrected chi connectivity index (χ4v) is 3.09. The smallest absolute Gasteiger partial charge is 0.236 e. The van der Waals surface area contributed by atoms with Crippen LogP contribution in [0.4, 0.5) is 0 Å². The summed E-state index contributed by atoms with van der Waals surface area (Å²) in [7, 11) is 1.85. The molecule has 2 unspecified atom stereocenters. The Balaban J connectivity index is 1.87. The normalized spacial score (nSPS) is 23.0. The van der Waals surface area contributed by atoms with Gasteiger partial charge >= 0.3 is 0 Å². The first-order valence-electron chi connectivity index (χ1n) is 7.41. The van der Waals surface area contributed by atoms with Gasteiger partial charge in [0, 0.05) is 43.8 Å². The number of hydrogen-bond acceptors (Lipinski definition) is 3. The van der Waals surface area contributed by atoms with Crippen LogP contribution in [0.2, 0.25) is 5.02 Å². The third kappa shape index (κ3) is 4.99. The van der Waals surface area contributed by atoms with Crippen molar-refractivity contribution >= 4 is 17.5 Å². The first kappa shape index (κ1) is 16.3. The number of halogens is 1. The summed E-state index contributed by atoms with van der Waals surface area (Å²) in [6, 6.07) is 8.51. The Bertz CT molecular complexity index is 484. The lowest BCUT2D eigenvalue weighted by molar-refractivity contribution is -0.132. The Morgan fingerprint density at radius 2 is 2.05 bits per heavy atom. The van der Waals surface area contributed by atoms with E-state index in [1.54, 1.807) is 4.90 Å². The highest BCUT2D eigenvalue weighted by molar-refractivity contribution is 6.30. The van der Waals surface area contributed by atoms with Crippen LogP contribution >= 0.6 is 11.6 Å². The zero-order valence-electron chi connectivity index (χ0n) is 13.0. The lowest BCUT2D eigenvalue weighted by atomic mass is 10.1. The van der Waals surface area contributed by atoms with Crippen molar-refractivity contribution < 1.29 is 4.79 Å². The molecule has 0 saturated carbocycles. The minimum atomic E-state index is 0.149. The fraction of sp³-hybridized carbons (Fsp3) is 0.562. The van der Waals surface area contributed by atoms with Gasteiger partial charge in [-0.2, -0.15) is 0 Å².